The molecular formula is C39H54N6O10S. The van der Waals surface area contributed by atoms with Gasteiger partial charge in [-0.05, 0) is 83.3 Å². The van der Waals surface area contributed by atoms with Gasteiger partial charge in [0.15, 0.2) is 0 Å². The molecule has 16 nitrogen and oxygen atoms in total. The number of hydrogen-bond donors (Lipinski definition) is 3. The summed E-state index contributed by atoms with van der Waals surface area (Å²) in [7, 11) is -2.42. The van der Waals surface area contributed by atoms with Gasteiger partial charge in [0.1, 0.15) is 29.3 Å². The van der Waals surface area contributed by atoms with E-state index in [-0.39, 0.29) is 55.8 Å². The third-order valence-electron chi connectivity index (χ3n) is 10.9. The van der Waals surface area contributed by atoms with Crippen molar-refractivity contribution in [1.82, 2.24) is 30.0 Å². The number of alkyl carbamates (subject to hydrolysis) is 1. The number of sulfonamides is 1. The van der Waals surface area contributed by atoms with Gasteiger partial charge in [0.05, 0.1) is 35.7 Å². The molecule has 306 valence electrons. The van der Waals surface area contributed by atoms with E-state index in [2.05, 4.69) is 27.4 Å². The number of carbonyl (C=O) groups is 4. The smallest absolute Gasteiger partial charge is 0.408 e. The lowest BCUT2D eigenvalue weighted by molar-refractivity contribution is -0.142. The third kappa shape index (κ3) is 9.20. The van der Waals surface area contributed by atoms with Gasteiger partial charge in [-0.25, -0.2) is 17.9 Å². The molecule has 3 N–H and O–H groups in total. The van der Waals surface area contributed by atoms with Crippen LogP contribution in [-0.4, -0.2) is 102 Å². The largest absolute Gasteiger partial charge is 0.471 e. The first-order chi connectivity index (χ1) is 26.4. The van der Waals surface area contributed by atoms with Gasteiger partial charge >= 0.3 is 6.09 Å². The highest BCUT2D eigenvalue weighted by Crippen LogP contribution is 2.46. The van der Waals surface area contributed by atoms with E-state index < -0.39 is 74.3 Å². The standard InChI is InChI=1S/C39H54N6O10S/c1-23-11-7-8-12-25-21-39(25,36(49)43-56(51,52)27-15-16-27)41-32(46)30-20-26(22-44(30)35(48)31(24(2)19-23)40-37(50)55-38(3,4)5)54-33-28-13-9-10-14-29(28)34(47)45(42-33)17-18-53-6/h8-10,12-14,23-27,30-31H,7,11,15-22H2,1-6H3,(H,40,50)(H,41,46)(H,43,49). The molecular weight excluding hydrogens is 745 g/mol. The van der Waals surface area contributed by atoms with Gasteiger partial charge in [0, 0.05) is 19.4 Å². The van der Waals surface area contributed by atoms with Gasteiger partial charge in [0.25, 0.3) is 11.5 Å². The summed E-state index contributed by atoms with van der Waals surface area (Å²) >= 11 is 0. The van der Waals surface area contributed by atoms with E-state index in [1.54, 1.807) is 45.0 Å². The summed E-state index contributed by atoms with van der Waals surface area (Å²) in [5.74, 6) is -2.63. The van der Waals surface area contributed by atoms with Crippen LogP contribution in [0.2, 0.25) is 0 Å². The monoisotopic (exact) mass is 798 g/mol. The van der Waals surface area contributed by atoms with Gasteiger partial charge in [-0.1, -0.05) is 38.1 Å². The number of methoxy groups -OCH3 is 1. The van der Waals surface area contributed by atoms with Crippen molar-refractivity contribution >= 4 is 44.6 Å². The molecule has 0 spiro atoms. The molecule has 3 fully saturated rings. The van der Waals surface area contributed by atoms with Crippen molar-refractivity contribution in [2.75, 3.05) is 20.3 Å². The quantitative estimate of drug-likeness (QED) is 0.315. The maximum atomic E-state index is 14.8. The summed E-state index contributed by atoms with van der Waals surface area (Å²) in [5.41, 5.74) is -2.73. The molecule has 0 radical (unpaired) electrons. The molecule has 17 heteroatoms. The molecule has 2 aromatic rings. The molecule has 4 amide bonds. The van der Waals surface area contributed by atoms with Gasteiger partial charge in [-0.2, -0.15) is 0 Å². The first-order valence-electron chi connectivity index (χ1n) is 19.4. The van der Waals surface area contributed by atoms with Crippen molar-refractivity contribution in [3.05, 3.63) is 46.8 Å². The number of carbonyl (C=O) groups excluding carboxylic acids is 4. The molecule has 2 saturated carbocycles. The van der Waals surface area contributed by atoms with Crippen LogP contribution in [0.5, 0.6) is 5.88 Å². The van der Waals surface area contributed by atoms with E-state index in [1.807, 2.05) is 19.1 Å². The summed E-state index contributed by atoms with van der Waals surface area (Å²) in [6.07, 6.45) is 5.22. The highest BCUT2D eigenvalue weighted by molar-refractivity contribution is 7.91. The molecule has 1 saturated heterocycles. The number of nitrogens with one attached hydrogen (secondary N) is 3. The molecule has 7 atom stereocenters. The number of fused-ring (bicyclic) bond motifs is 3. The van der Waals surface area contributed by atoms with E-state index in [9.17, 15) is 32.4 Å². The molecule has 2 aliphatic carbocycles. The molecule has 4 aliphatic rings. The first kappa shape index (κ1) is 41.1. The number of amides is 4. The van der Waals surface area contributed by atoms with E-state index in [0.717, 1.165) is 6.42 Å². The second-order valence-electron chi connectivity index (χ2n) is 16.7. The van der Waals surface area contributed by atoms with Gasteiger partial charge in [-0.3, -0.25) is 23.9 Å². The summed E-state index contributed by atoms with van der Waals surface area (Å²) < 4.78 is 46.5. The Labute approximate surface area is 327 Å². The minimum absolute atomic E-state index is 0.0344. The summed E-state index contributed by atoms with van der Waals surface area (Å²) in [5, 5.41) is 10.3. The van der Waals surface area contributed by atoms with Crippen LogP contribution >= 0.6 is 0 Å². The fourth-order valence-electron chi connectivity index (χ4n) is 7.71. The van der Waals surface area contributed by atoms with Crippen LogP contribution in [0.25, 0.3) is 10.8 Å². The van der Waals surface area contributed by atoms with Crippen molar-refractivity contribution < 1.29 is 41.8 Å². The zero-order valence-corrected chi connectivity index (χ0v) is 33.7. The molecule has 3 heterocycles. The maximum absolute atomic E-state index is 14.8. The predicted octanol–water partition coefficient (Wildman–Crippen LogP) is 2.78. The van der Waals surface area contributed by atoms with E-state index in [1.165, 1.54) is 16.7 Å². The Kier molecular flexibility index (Phi) is 11.9. The number of hydrogen-bond acceptors (Lipinski definition) is 11. The SMILES string of the molecule is COCCn1nc(OC2CC3C(=O)NC4(C(=O)NS(=O)(=O)C5CC5)CC4C=CCCC(C)CC(C)C(NC(=O)OC(C)(C)C)C(=O)N3C2)c2ccccc2c1=O. The molecule has 6 rings (SSSR count). The Hall–Kier alpha value is -4.51. The van der Waals surface area contributed by atoms with Gasteiger partial charge < -0.3 is 29.7 Å². The average Bonchev–Trinajstić information content (AvgIpc) is 4.05. The van der Waals surface area contributed by atoms with Crippen molar-refractivity contribution in [1.29, 1.82) is 0 Å². The Morgan fingerprint density at radius 1 is 1.05 bits per heavy atom. The summed E-state index contributed by atoms with van der Waals surface area (Å²) in [6.45, 7) is 9.36. The third-order valence-corrected chi connectivity index (χ3v) is 12.7. The molecule has 7 unspecified atom stereocenters. The zero-order chi connectivity index (χ0) is 40.6. The van der Waals surface area contributed by atoms with Crippen LogP contribution in [-0.2, 0) is 40.4 Å². The van der Waals surface area contributed by atoms with Crippen LogP contribution in [0, 0.1) is 17.8 Å². The summed E-state index contributed by atoms with van der Waals surface area (Å²) in [6, 6.07) is 4.56. The lowest BCUT2D eigenvalue weighted by atomic mass is 9.88. The fraction of sp³-hybridized carbons (Fsp3) is 0.641. The Balaban J connectivity index is 1.37. The second-order valence-corrected chi connectivity index (χ2v) is 18.7. The van der Waals surface area contributed by atoms with Crippen molar-refractivity contribution in [3.63, 3.8) is 0 Å². The minimum atomic E-state index is -3.93. The van der Waals surface area contributed by atoms with Gasteiger partial charge in [0.2, 0.25) is 27.7 Å². The second kappa shape index (κ2) is 16.2. The number of benzene rings is 1. The van der Waals surface area contributed by atoms with Crippen molar-refractivity contribution in [2.45, 2.75) is 121 Å². The normalized spacial score (nSPS) is 28.6. The number of aromatic nitrogens is 2. The van der Waals surface area contributed by atoms with Crippen LogP contribution < -0.4 is 25.7 Å². The minimum Gasteiger partial charge on any atom is -0.471 e. The van der Waals surface area contributed by atoms with Crippen LogP contribution in [0.3, 0.4) is 0 Å². The highest BCUT2D eigenvalue weighted by atomic mass is 32.2. The first-order valence-corrected chi connectivity index (χ1v) is 21.0. The number of ether oxygens (including phenoxy) is 3. The lowest BCUT2D eigenvalue weighted by Crippen LogP contribution is -2.59. The number of allylic oxidation sites excluding steroid dienone is 1. The maximum Gasteiger partial charge on any atom is 0.408 e. The fourth-order valence-corrected chi connectivity index (χ4v) is 9.07. The van der Waals surface area contributed by atoms with E-state index in [4.69, 9.17) is 14.2 Å². The Morgan fingerprint density at radius 2 is 1.77 bits per heavy atom. The Morgan fingerprint density at radius 3 is 2.45 bits per heavy atom. The van der Waals surface area contributed by atoms with Crippen molar-refractivity contribution in [2.24, 2.45) is 17.8 Å². The molecule has 0 bridgehead atoms. The topological polar surface area (TPSA) is 204 Å². The summed E-state index contributed by atoms with van der Waals surface area (Å²) in [4.78, 5) is 71.0. The Bertz CT molecular complexity index is 2040. The average molecular weight is 799 g/mol. The van der Waals surface area contributed by atoms with E-state index >= 15 is 0 Å². The predicted molar refractivity (Wildman–Crippen MR) is 206 cm³/mol. The van der Waals surface area contributed by atoms with Gasteiger partial charge in [-0.15, -0.1) is 5.10 Å². The molecule has 56 heavy (non-hydrogen) atoms. The van der Waals surface area contributed by atoms with Crippen LogP contribution in [0.15, 0.2) is 41.2 Å². The van der Waals surface area contributed by atoms with E-state index in [0.29, 0.717) is 36.5 Å². The highest BCUT2D eigenvalue weighted by Gasteiger charge is 2.62. The van der Waals surface area contributed by atoms with Crippen LogP contribution in [0.4, 0.5) is 4.79 Å². The van der Waals surface area contributed by atoms with Crippen LogP contribution in [0.1, 0.15) is 79.6 Å². The number of nitrogens with zero attached hydrogens (tertiary/aromatic N) is 3. The molecule has 2 aliphatic heterocycles. The lowest BCUT2D eigenvalue weighted by Gasteiger charge is -2.33. The molecule has 1 aromatic carbocycles. The number of rotatable bonds is 9. The molecule has 1 aromatic heterocycles. The van der Waals surface area contributed by atoms with Crippen molar-refractivity contribution in [3.8, 4) is 5.88 Å². The zero-order valence-electron chi connectivity index (χ0n) is 32.9.